The van der Waals surface area contributed by atoms with Crippen molar-refractivity contribution < 1.29 is 4.79 Å². The monoisotopic (exact) mass is 222 g/mol. The van der Waals surface area contributed by atoms with E-state index >= 15 is 0 Å². The van der Waals surface area contributed by atoms with Crippen molar-refractivity contribution in [2.75, 3.05) is 0 Å². The molecule has 0 radical (unpaired) electrons. The molecule has 0 aromatic heterocycles. The summed E-state index contributed by atoms with van der Waals surface area (Å²) in [6, 6.07) is 7.46. The summed E-state index contributed by atoms with van der Waals surface area (Å²) in [5, 5.41) is 0.668. The fourth-order valence-corrected chi connectivity index (χ4v) is 1.50. The zero-order chi connectivity index (χ0) is 11.3. The molecule has 0 heterocycles. The Morgan fingerprint density at radius 2 is 2.00 bits per heavy atom. The highest BCUT2D eigenvalue weighted by molar-refractivity contribution is 6.31. The summed E-state index contributed by atoms with van der Waals surface area (Å²) < 4.78 is 0. The number of carbonyl (C=O) groups excluding carboxylic acids is 1. The quantitative estimate of drug-likeness (QED) is 0.693. The lowest BCUT2D eigenvalue weighted by atomic mass is 10.0. The van der Waals surface area contributed by atoms with E-state index in [0.717, 1.165) is 17.6 Å². The highest BCUT2D eigenvalue weighted by atomic mass is 35.5. The molecule has 0 aliphatic carbocycles. The van der Waals surface area contributed by atoms with Crippen LogP contribution in [-0.2, 0) is 11.2 Å². The zero-order valence-corrected chi connectivity index (χ0v) is 9.68. The predicted octanol–water partition coefficient (Wildman–Crippen LogP) is 3.81. The van der Waals surface area contributed by atoms with Crippen LogP contribution in [0.15, 0.2) is 36.4 Å². The molecule has 2 heteroatoms. The summed E-state index contributed by atoms with van der Waals surface area (Å²) in [5.41, 5.74) is 1.95. The Hall–Kier alpha value is -1.08. The summed E-state index contributed by atoms with van der Waals surface area (Å²) in [6.07, 6.45) is 1.75. The van der Waals surface area contributed by atoms with Crippen molar-refractivity contribution in [1.82, 2.24) is 0 Å². The van der Waals surface area contributed by atoms with Gasteiger partial charge in [-0.05, 0) is 25.0 Å². The average molecular weight is 223 g/mol. The Kier molecular flexibility index (Phi) is 4.57. The van der Waals surface area contributed by atoms with Crippen LogP contribution in [0.25, 0.3) is 0 Å². The normalized spacial score (nSPS) is 10.0. The van der Waals surface area contributed by atoms with E-state index in [9.17, 15) is 4.79 Å². The van der Waals surface area contributed by atoms with Gasteiger partial charge in [-0.1, -0.05) is 35.4 Å². The van der Waals surface area contributed by atoms with Gasteiger partial charge in [0.2, 0.25) is 0 Å². The van der Waals surface area contributed by atoms with Gasteiger partial charge in [0.05, 0.1) is 0 Å². The molecule has 0 unspecified atom stereocenters. The number of carbonyl (C=O) groups is 1. The lowest BCUT2D eigenvalue weighted by molar-refractivity contribution is -0.118. The van der Waals surface area contributed by atoms with Gasteiger partial charge in [-0.3, -0.25) is 4.79 Å². The third kappa shape index (κ3) is 4.30. The second-order valence-electron chi connectivity index (χ2n) is 3.76. The maximum atomic E-state index is 11.6. The van der Waals surface area contributed by atoms with E-state index in [1.807, 2.05) is 31.2 Å². The summed E-state index contributed by atoms with van der Waals surface area (Å²) in [7, 11) is 0. The van der Waals surface area contributed by atoms with E-state index in [1.54, 1.807) is 0 Å². The lowest BCUT2D eigenvalue weighted by Crippen LogP contribution is -2.03. The number of ketones is 1. The SMILES string of the molecule is C=C(C)CCC(=O)Cc1ccccc1Cl. The number of allylic oxidation sites excluding steroid dienone is 1. The summed E-state index contributed by atoms with van der Waals surface area (Å²) in [5.74, 6) is 0.214. The van der Waals surface area contributed by atoms with Crippen molar-refractivity contribution in [3.8, 4) is 0 Å². The first-order valence-electron chi connectivity index (χ1n) is 4.99. The van der Waals surface area contributed by atoms with E-state index in [2.05, 4.69) is 6.58 Å². The van der Waals surface area contributed by atoms with Crippen LogP contribution in [-0.4, -0.2) is 5.78 Å². The maximum Gasteiger partial charge on any atom is 0.137 e. The number of Topliss-reactive ketones (excluding diaryl/α,β-unsaturated/α-hetero) is 1. The van der Waals surface area contributed by atoms with Gasteiger partial charge >= 0.3 is 0 Å². The fourth-order valence-electron chi connectivity index (χ4n) is 1.30. The van der Waals surface area contributed by atoms with Crippen molar-refractivity contribution in [1.29, 1.82) is 0 Å². The third-order valence-electron chi connectivity index (χ3n) is 2.18. The van der Waals surface area contributed by atoms with Crippen molar-refractivity contribution in [3.05, 3.63) is 47.0 Å². The van der Waals surface area contributed by atoms with Gasteiger partial charge < -0.3 is 0 Å². The first kappa shape index (κ1) is 12.0. The first-order valence-corrected chi connectivity index (χ1v) is 5.37. The molecule has 0 N–H and O–H groups in total. The number of hydrogen-bond acceptors (Lipinski definition) is 1. The average Bonchev–Trinajstić information content (AvgIpc) is 2.18. The molecule has 1 aromatic carbocycles. The number of benzene rings is 1. The molecule has 80 valence electrons. The molecule has 0 atom stereocenters. The molecular weight excluding hydrogens is 208 g/mol. The molecule has 0 saturated heterocycles. The molecule has 1 aromatic rings. The molecule has 0 spiro atoms. The third-order valence-corrected chi connectivity index (χ3v) is 2.54. The molecule has 0 bridgehead atoms. The molecule has 0 amide bonds. The van der Waals surface area contributed by atoms with Gasteiger partial charge in [-0.2, -0.15) is 0 Å². The molecular formula is C13H15ClO. The molecule has 15 heavy (non-hydrogen) atoms. The highest BCUT2D eigenvalue weighted by Gasteiger charge is 2.06. The lowest BCUT2D eigenvalue weighted by Gasteiger charge is -2.03. The van der Waals surface area contributed by atoms with E-state index in [-0.39, 0.29) is 5.78 Å². The second-order valence-corrected chi connectivity index (χ2v) is 4.17. The Labute approximate surface area is 95.8 Å². The van der Waals surface area contributed by atoms with E-state index in [0.29, 0.717) is 17.9 Å². The smallest absolute Gasteiger partial charge is 0.137 e. The number of halogens is 1. The Morgan fingerprint density at radius 3 is 2.60 bits per heavy atom. The zero-order valence-electron chi connectivity index (χ0n) is 8.92. The Morgan fingerprint density at radius 1 is 1.33 bits per heavy atom. The van der Waals surface area contributed by atoms with E-state index in [1.165, 1.54) is 0 Å². The Balaban J connectivity index is 2.52. The van der Waals surface area contributed by atoms with Crippen molar-refractivity contribution in [2.45, 2.75) is 26.2 Å². The molecule has 1 nitrogen and oxygen atoms in total. The highest BCUT2D eigenvalue weighted by Crippen LogP contribution is 2.16. The molecule has 0 aliphatic rings. The maximum absolute atomic E-state index is 11.6. The van der Waals surface area contributed by atoms with Crippen LogP contribution in [0.3, 0.4) is 0 Å². The van der Waals surface area contributed by atoms with Gasteiger partial charge in [0, 0.05) is 17.9 Å². The predicted molar refractivity (Wildman–Crippen MR) is 64.2 cm³/mol. The Bertz CT molecular complexity index is 369. The van der Waals surface area contributed by atoms with Gasteiger partial charge in [0.1, 0.15) is 5.78 Å². The molecule has 0 fully saturated rings. The number of hydrogen-bond donors (Lipinski definition) is 0. The summed E-state index contributed by atoms with van der Waals surface area (Å²) >= 11 is 5.96. The van der Waals surface area contributed by atoms with Crippen molar-refractivity contribution in [3.63, 3.8) is 0 Å². The van der Waals surface area contributed by atoms with Crippen LogP contribution in [0, 0.1) is 0 Å². The second kappa shape index (κ2) is 5.72. The van der Waals surface area contributed by atoms with Crippen molar-refractivity contribution in [2.24, 2.45) is 0 Å². The van der Waals surface area contributed by atoms with Gasteiger partial charge in [0.25, 0.3) is 0 Å². The summed E-state index contributed by atoms with van der Waals surface area (Å²) in [6.45, 7) is 5.71. The van der Waals surface area contributed by atoms with E-state index in [4.69, 9.17) is 11.6 Å². The molecule has 1 rings (SSSR count). The van der Waals surface area contributed by atoms with Crippen molar-refractivity contribution >= 4 is 17.4 Å². The largest absolute Gasteiger partial charge is 0.299 e. The standard InChI is InChI=1S/C13H15ClO/c1-10(2)7-8-12(15)9-11-5-3-4-6-13(11)14/h3-6H,1,7-9H2,2H3. The minimum absolute atomic E-state index is 0.214. The van der Waals surface area contributed by atoms with Crippen LogP contribution >= 0.6 is 11.6 Å². The number of rotatable bonds is 5. The van der Waals surface area contributed by atoms with Gasteiger partial charge in [-0.25, -0.2) is 0 Å². The minimum atomic E-state index is 0.214. The van der Waals surface area contributed by atoms with Gasteiger partial charge in [-0.15, -0.1) is 6.58 Å². The van der Waals surface area contributed by atoms with Gasteiger partial charge in [0.15, 0.2) is 0 Å². The van der Waals surface area contributed by atoms with Crippen LogP contribution in [0.1, 0.15) is 25.3 Å². The van der Waals surface area contributed by atoms with Crippen LogP contribution in [0.5, 0.6) is 0 Å². The topological polar surface area (TPSA) is 17.1 Å². The molecule has 0 aliphatic heterocycles. The first-order chi connectivity index (χ1) is 7.09. The van der Waals surface area contributed by atoms with E-state index < -0.39 is 0 Å². The fraction of sp³-hybridized carbons (Fsp3) is 0.308. The van der Waals surface area contributed by atoms with Crippen LogP contribution in [0.4, 0.5) is 0 Å². The van der Waals surface area contributed by atoms with Crippen LogP contribution < -0.4 is 0 Å². The molecule has 0 saturated carbocycles. The summed E-state index contributed by atoms with van der Waals surface area (Å²) in [4.78, 5) is 11.6. The minimum Gasteiger partial charge on any atom is -0.299 e. The van der Waals surface area contributed by atoms with Crippen LogP contribution in [0.2, 0.25) is 5.02 Å².